The van der Waals surface area contributed by atoms with E-state index in [9.17, 15) is 9.59 Å². The van der Waals surface area contributed by atoms with Gasteiger partial charge in [-0.3, -0.25) is 9.59 Å². The number of hydrogen-bond acceptors (Lipinski definition) is 3. The minimum Gasteiger partial charge on any atom is -0.340 e. The van der Waals surface area contributed by atoms with Gasteiger partial charge in [0.15, 0.2) is 0 Å². The molecule has 0 unspecified atom stereocenters. The second-order valence-electron chi connectivity index (χ2n) is 10.1. The van der Waals surface area contributed by atoms with Crippen molar-refractivity contribution in [3.63, 3.8) is 0 Å². The lowest BCUT2D eigenvalue weighted by Gasteiger charge is -2.39. The van der Waals surface area contributed by atoms with Gasteiger partial charge in [-0.2, -0.15) is 0 Å². The molecule has 2 aromatic heterocycles. The number of H-pyrrole nitrogens is 1. The zero-order valence-corrected chi connectivity index (χ0v) is 17.6. The van der Waals surface area contributed by atoms with Gasteiger partial charge < -0.3 is 14.5 Å². The van der Waals surface area contributed by atoms with E-state index in [-0.39, 0.29) is 22.3 Å². The van der Waals surface area contributed by atoms with Gasteiger partial charge in [-0.1, -0.05) is 20.8 Å². The second kappa shape index (κ2) is 6.31. The third-order valence-corrected chi connectivity index (χ3v) is 7.03. The quantitative estimate of drug-likeness (QED) is 0.849. The first kappa shape index (κ1) is 18.6. The minimum absolute atomic E-state index is 0.0255. The number of carbonyl (C=O) groups excluding carboxylic acids is 1. The molecule has 1 amide bonds. The molecule has 2 aliphatic carbocycles. The van der Waals surface area contributed by atoms with Crippen molar-refractivity contribution in [2.75, 3.05) is 13.1 Å². The Bertz CT molecular complexity index is 1010. The van der Waals surface area contributed by atoms with Crippen LogP contribution in [-0.4, -0.2) is 38.4 Å². The number of aromatic nitrogens is 3. The molecule has 5 rings (SSSR count). The highest BCUT2D eigenvalue weighted by atomic mass is 16.2. The van der Waals surface area contributed by atoms with E-state index in [0.29, 0.717) is 6.04 Å². The van der Waals surface area contributed by atoms with Crippen LogP contribution in [0.3, 0.4) is 0 Å². The van der Waals surface area contributed by atoms with Crippen molar-refractivity contribution in [2.24, 2.45) is 0 Å². The molecule has 0 aromatic carbocycles. The maximum absolute atomic E-state index is 13.1. The first-order valence-electron chi connectivity index (χ1n) is 10.9. The van der Waals surface area contributed by atoms with E-state index in [1.807, 2.05) is 23.2 Å². The lowest BCUT2D eigenvalue weighted by atomic mass is 9.76. The van der Waals surface area contributed by atoms with Crippen LogP contribution < -0.4 is 5.56 Å². The number of aromatic amines is 1. The molecule has 29 heavy (non-hydrogen) atoms. The van der Waals surface area contributed by atoms with E-state index < -0.39 is 0 Å². The molecule has 0 bridgehead atoms. The molecule has 6 heteroatoms. The standard InChI is InChI=1S/C23H30N4O2/c1-22(2,3)21-24-18-16(19(28)25-21)8-9-23(18)10-13-26(14-11-23)20(29)17-5-4-12-27(17)15-6-7-15/h4-5,12,15H,6-11,13-14H2,1-3H3,(H,24,25,28). The van der Waals surface area contributed by atoms with Crippen LogP contribution in [0.25, 0.3) is 0 Å². The summed E-state index contributed by atoms with van der Waals surface area (Å²) >= 11 is 0. The van der Waals surface area contributed by atoms with Gasteiger partial charge in [0.05, 0.1) is 5.69 Å². The van der Waals surface area contributed by atoms with Gasteiger partial charge in [-0.15, -0.1) is 0 Å². The molecule has 1 spiro atoms. The maximum Gasteiger partial charge on any atom is 0.270 e. The van der Waals surface area contributed by atoms with Crippen LogP contribution in [0.1, 0.15) is 86.5 Å². The fourth-order valence-electron chi connectivity index (χ4n) is 5.04. The zero-order chi connectivity index (χ0) is 20.4. The van der Waals surface area contributed by atoms with Crippen molar-refractivity contribution in [3.8, 4) is 0 Å². The van der Waals surface area contributed by atoms with Gasteiger partial charge >= 0.3 is 0 Å². The van der Waals surface area contributed by atoms with E-state index in [0.717, 1.165) is 61.5 Å². The molecule has 3 heterocycles. The highest BCUT2D eigenvalue weighted by molar-refractivity contribution is 5.93. The highest BCUT2D eigenvalue weighted by Gasteiger charge is 2.45. The molecular formula is C23H30N4O2. The normalized spacial score (nSPS) is 20.9. The Labute approximate surface area is 171 Å². The summed E-state index contributed by atoms with van der Waals surface area (Å²) in [5.41, 5.74) is 2.46. The van der Waals surface area contributed by atoms with Gasteiger partial charge in [-0.05, 0) is 50.7 Å². The highest BCUT2D eigenvalue weighted by Crippen LogP contribution is 2.45. The molecule has 2 aromatic rings. The van der Waals surface area contributed by atoms with E-state index >= 15 is 0 Å². The van der Waals surface area contributed by atoms with Crippen LogP contribution in [0.5, 0.6) is 0 Å². The van der Waals surface area contributed by atoms with E-state index in [1.165, 1.54) is 12.8 Å². The Morgan fingerprint density at radius 1 is 1.21 bits per heavy atom. The zero-order valence-electron chi connectivity index (χ0n) is 17.6. The lowest BCUT2D eigenvalue weighted by molar-refractivity contribution is 0.0652. The number of fused-ring (bicyclic) bond motifs is 2. The third kappa shape index (κ3) is 3.04. The molecule has 0 radical (unpaired) electrons. The summed E-state index contributed by atoms with van der Waals surface area (Å²) in [5, 5.41) is 0. The number of nitrogens with one attached hydrogen (secondary N) is 1. The van der Waals surface area contributed by atoms with Crippen LogP contribution in [-0.2, 0) is 17.3 Å². The second-order valence-corrected chi connectivity index (χ2v) is 10.1. The largest absolute Gasteiger partial charge is 0.340 e. The molecule has 0 atom stereocenters. The molecule has 1 N–H and O–H groups in total. The van der Waals surface area contributed by atoms with E-state index in [1.54, 1.807) is 0 Å². The minimum atomic E-state index is -0.192. The van der Waals surface area contributed by atoms with Crippen molar-refractivity contribution < 1.29 is 4.79 Å². The maximum atomic E-state index is 13.1. The predicted octanol–water partition coefficient (Wildman–Crippen LogP) is 3.32. The monoisotopic (exact) mass is 394 g/mol. The number of amides is 1. The van der Waals surface area contributed by atoms with Gasteiger partial charge in [0.2, 0.25) is 0 Å². The Balaban J connectivity index is 1.39. The average molecular weight is 395 g/mol. The smallest absolute Gasteiger partial charge is 0.270 e. The van der Waals surface area contributed by atoms with Crippen LogP contribution >= 0.6 is 0 Å². The summed E-state index contributed by atoms with van der Waals surface area (Å²) < 4.78 is 2.15. The average Bonchev–Trinajstić information content (AvgIpc) is 3.30. The number of carbonyl (C=O) groups is 1. The summed E-state index contributed by atoms with van der Waals surface area (Å²) in [6, 6.07) is 4.44. The number of nitrogens with zero attached hydrogens (tertiary/aromatic N) is 3. The van der Waals surface area contributed by atoms with Crippen LogP contribution in [0.15, 0.2) is 23.1 Å². The Morgan fingerprint density at radius 3 is 2.59 bits per heavy atom. The fourth-order valence-corrected chi connectivity index (χ4v) is 5.04. The van der Waals surface area contributed by atoms with Crippen molar-refractivity contribution in [3.05, 3.63) is 51.5 Å². The molecule has 1 saturated carbocycles. The van der Waals surface area contributed by atoms with Crippen molar-refractivity contribution in [1.82, 2.24) is 19.4 Å². The fraction of sp³-hybridized carbons (Fsp3) is 0.609. The molecule has 154 valence electrons. The number of hydrogen-bond donors (Lipinski definition) is 1. The molecule has 6 nitrogen and oxygen atoms in total. The molecule has 1 saturated heterocycles. The number of piperidine rings is 1. The van der Waals surface area contributed by atoms with Crippen molar-refractivity contribution in [1.29, 1.82) is 0 Å². The van der Waals surface area contributed by atoms with E-state index in [2.05, 4.69) is 30.3 Å². The Morgan fingerprint density at radius 2 is 1.93 bits per heavy atom. The SMILES string of the molecule is CC(C)(C)c1nc2c(c(=O)[nH]1)CCC21CCN(C(=O)c2cccn2C2CC2)CC1. The summed E-state index contributed by atoms with van der Waals surface area (Å²) in [7, 11) is 0. The number of likely N-dealkylation sites (tertiary alicyclic amines) is 1. The van der Waals surface area contributed by atoms with Gasteiger partial charge in [-0.25, -0.2) is 4.98 Å². The summed E-state index contributed by atoms with van der Waals surface area (Å²) in [4.78, 5) is 35.8. The van der Waals surface area contributed by atoms with Crippen LogP contribution in [0, 0.1) is 0 Å². The summed E-state index contributed by atoms with van der Waals surface area (Å²) in [6.45, 7) is 7.70. The van der Waals surface area contributed by atoms with Gasteiger partial charge in [0.1, 0.15) is 11.5 Å². The van der Waals surface area contributed by atoms with Crippen LogP contribution in [0.4, 0.5) is 0 Å². The topological polar surface area (TPSA) is 71.0 Å². The molecular weight excluding hydrogens is 364 g/mol. The van der Waals surface area contributed by atoms with Crippen molar-refractivity contribution >= 4 is 5.91 Å². The molecule has 1 aliphatic heterocycles. The summed E-state index contributed by atoms with van der Waals surface area (Å²) in [5.74, 6) is 0.910. The van der Waals surface area contributed by atoms with Crippen molar-refractivity contribution in [2.45, 2.75) is 76.2 Å². The third-order valence-electron chi connectivity index (χ3n) is 7.03. The molecule has 2 fully saturated rings. The van der Waals surface area contributed by atoms with E-state index in [4.69, 9.17) is 4.98 Å². The van der Waals surface area contributed by atoms with Crippen LogP contribution in [0.2, 0.25) is 0 Å². The van der Waals surface area contributed by atoms with Gasteiger partial charge in [0.25, 0.3) is 11.5 Å². The lowest BCUT2D eigenvalue weighted by Crippen LogP contribution is -2.45. The number of rotatable bonds is 2. The predicted molar refractivity (Wildman–Crippen MR) is 111 cm³/mol. The first-order chi connectivity index (χ1) is 13.8. The summed E-state index contributed by atoms with van der Waals surface area (Å²) in [6.07, 6.45) is 7.91. The first-order valence-corrected chi connectivity index (χ1v) is 10.9. The Kier molecular flexibility index (Phi) is 4.06. The van der Waals surface area contributed by atoms with Gasteiger partial charge in [0, 0.05) is 41.7 Å². The molecule has 3 aliphatic rings. The Hall–Kier alpha value is -2.37.